The molecule has 1 aliphatic carbocycles. The van der Waals surface area contributed by atoms with Crippen LogP contribution < -0.4 is 4.72 Å². The fourth-order valence-corrected chi connectivity index (χ4v) is 4.06. The van der Waals surface area contributed by atoms with Crippen LogP contribution in [0.3, 0.4) is 0 Å². The molecule has 1 N–H and O–H groups in total. The summed E-state index contributed by atoms with van der Waals surface area (Å²) in [6.07, 6.45) is 2.37. The van der Waals surface area contributed by atoms with Gasteiger partial charge in [0.25, 0.3) is 0 Å². The molecule has 0 aromatic heterocycles. The number of halogens is 1. The Kier molecular flexibility index (Phi) is 6.22. The zero-order valence-electron chi connectivity index (χ0n) is 13.2. The summed E-state index contributed by atoms with van der Waals surface area (Å²) in [5.74, 6) is -0.407. The molecule has 1 saturated carbocycles. The van der Waals surface area contributed by atoms with E-state index >= 15 is 0 Å². The minimum Gasteiger partial charge on any atom is -0.466 e. The third-order valence-corrected chi connectivity index (χ3v) is 5.92. The number of sulfonamides is 1. The lowest BCUT2D eigenvalue weighted by atomic mass is 9.96. The van der Waals surface area contributed by atoms with E-state index in [-0.39, 0.29) is 30.0 Å². The normalized spacial score (nSPS) is 16.1. The van der Waals surface area contributed by atoms with Crippen molar-refractivity contribution in [3.05, 3.63) is 34.3 Å². The van der Waals surface area contributed by atoms with E-state index in [1.807, 2.05) is 24.3 Å². The highest BCUT2D eigenvalue weighted by Crippen LogP contribution is 2.48. The molecule has 0 radical (unpaired) electrons. The van der Waals surface area contributed by atoms with Gasteiger partial charge in [-0.25, -0.2) is 13.1 Å². The van der Waals surface area contributed by atoms with Crippen molar-refractivity contribution in [2.45, 2.75) is 38.0 Å². The van der Waals surface area contributed by atoms with E-state index in [0.717, 1.165) is 22.9 Å². The van der Waals surface area contributed by atoms with E-state index in [9.17, 15) is 13.2 Å². The number of ether oxygens (including phenoxy) is 1. The van der Waals surface area contributed by atoms with Crippen LogP contribution in [0, 0.1) is 0 Å². The van der Waals surface area contributed by atoms with Crippen molar-refractivity contribution >= 4 is 31.9 Å². The average Bonchev–Trinajstić information content (AvgIpc) is 3.27. The van der Waals surface area contributed by atoms with Gasteiger partial charge in [-0.1, -0.05) is 28.1 Å². The van der Waals surface area contributed by atoms with Crippen molar-refractivity contribution in [1.29, 1.82) is 0 Å². The highest BCUT2D eigenvalue weighted by atomic mass is 79.9. The minimum absolute atomic E-state index is 0.0552. The highest BCUT2D eigenvalue weighted by molar-refractivity contribution is 9.10. The van der Waals surface area contributed by atoms with E-state index < -0.39 is 10.0 Å². The zero-order chi connectivity index (χ0) is 16.9. The predicted octanol–water partition coefficient (Wildman–Crippen LogP) is 2.74. The summed E-state index contributed by atoms with van der Waals surface area (Å²) >= 11 is 3.45. The molecule has 0 amide bonds. The molecular formula is C16H22BrNO4S. The summed E-state index contributed by atoms with van der Waals surface area (Å²) in [5.41, 5.74) is 1.07. The van der Waals surface area contributed by atoms with Crippen LogP contribution >= 0.6 is 15.9 Å². The molecule has 7 heteroatoms. The predicted molar refractivity (Wildman–Crippen MR) is 92.7 cm³/mol. The number of rotatable bonds is 9. The van der Waals surface area contributed by atoms with Crippen LogP contribution in [-0.4, -0.2) is 33.3 Å². The van der Waals surface area contributed by atoms with Gasteiger partial charge in [0.2, 0.25) is 10.0 Å². The zero-order valence-corrected chi connectivity index (χ0v) is 15.6. The maximum Gasteiger partial charge on any atom is 0.305 e. The molecule has 1 aromatic carbocycles. The molecule has 5 nitrogen and oxygen atoms in total. The number of hydrogen-bond acceptors (Lipinski definition) is 4. The first kappa shape index (κ1) is 18.4. The fraction of sp³-hybridized carbons (Fsp3) is 0.562. The van der Waals surface area contributed by atoms with Crippen LogP contribution in [0.15, 0.2) is 28.7 Å². The Hall–Kier alpha value is -0.920. The highest BCUT2D eigenvalue weighted by Gasteiger charge is 2.44. The molecule has 128 valence electrons. The van der Waals surface area contributed by atoms with Crippen molar-refractivity contribution in [3.63, 3.8) is 0 Å². The lowest BCUT2D eigenvalue weighted by Gasteiger charge is -2.17. The van der Waals surface area contributed by atoms with Gasteiger partial charge in [0, 0.05) is 22.9 Å². The first-order valence-corrected chi connectivity index (χ1v) is 10.2. The molecule has 0 heterocycles. The van der Waals surface area contributed by atoms with Gasteiger partial charge in [-0.3, -0.25) is 4.79 Å². The van der Waals surface area contributed by atoms with Crippen LogP contribution in [0.25, 0.3) is 0 Å². The van der Waals surface area contributed by atoms with Crippen molar-refractivity contribution in [2.75, 3.05) is 18.9 Å². The van der Waals surface area contributed by atoms with Crippen LogP contribution in [-0.2, 0) is 25.0 Å². The van der Waals surface area contributed by atoms with Gasteiger partial charge in [0.05, 0.1) is 12.4 Å². The van der Waals surface area contributed by atoms with Gasteiger partial charge in [-0.15, -0.1) is 0 Å². The number of esters is 1. The molecule has 1 aromatic rings. The van der Waals surface area contributed by atoms with Crippen molar-refractivity contribution in [1.82, 2.24) is 4.72 Å². The van der Waals surface area contributed by atoms with Gasteiger partial charge in [-0.2, -0.15) is 0 Å². The molecule has 0 aliphatic heterocycles. The Balaban J connectivity index is 1.83. The minimum atomic E-state index is -3.37. The standard InChI is InChI=1S/C16H22BrNO4S/c1-2-22-15(19)7-4-10-23(20,21)18-12-16(8-9-16)13-5-3-6-14(17)11-13/h3,5-6,11,18H,2,4,7-10,12H2,1H3. The third-order valence-electron chi connectivity index (χ3n) is 4.02. The van der Waals surface area contributed by atoms with E-state index in [1.165, 1.54) is 0 Å². The average molecular weight is 404 g/mol. The number of benzene rings is 1. The SMILES string of the molecule is CCOC(=O)CCCS(=O)(=O)NCC1(c2cccc(Br)c2)CC1. The Morgan fingerprint density at radius 1 is 1.39 bits per heavy atom. The maximum atomic E-state index is 12.1. The lowest BCUT2D eigenvalue weighted by molar-refractivity contribution is -0.143. The summed E-state index contributed by atoms with van der Waals surface area (Å²) in [5, 5.41) is 0. The lowest BCUT2D eigenvalue weighted by Crippen LogP contribution is -2.34. The summed E-state index contributed by atoms with van der Waals surface area (Å²) in [7, 11) is -3.37. The van der Waals surface area contributed by atoms with Gasteiger partial charge in [0.1, 0.15) is 0 Å². The maximum absolute atomic E-state index is 12.1. The van der Waals surface area contributed by atoms with Crippen LogP contribution in [0.4, 0.5) is 0 Å². The first-order valence-electron chi connectivity index (χ1n) is 7.76. The molecule has 2 rings (SSSR count). The summed E-state index contributed by atoms with van der Waals surface area (Å²) in [4.78, 5) is 11.2. The van der Waals surface area contributed by atoms with Crippen molar-refractivity contribution in [2.24, 2.45) is 0 Å². The second-order valence-electron chi connectivity index (χ2n) is 5.84. The Labute approximate surface area is 146 Å². The second-order valence-corrected chi connectivity index (χ2v) is 8.68. The summed E-state index contributed by atoms with van der Waals surface area (Å²) < 4.78 is 32.6. The van der Waals surface area contributed by atoms with Crippen LogP contribution in [0.1, 0.15) is 38.2 Å². The van der Waals surface area contributed by atoms with E-state index in [4.69, 9.17) is 4.74 Å². The topological polar surface area (TPSA) is 72.5 Å². The largest absolute Gasteiger partial charge is 0.466 e. The Morgan fingerprint density at radius 3 is 2.74 bits per heavy atom. The smallest absolute Gasteiger partial charge is 0.305 e. The summed E-state index contributed by atoms with van der Waals surface area (Å²) in [6, 6.07) is 8.00. The molecule has 1 aliphatic rings. The van der Waals surface area contributed by atoms with Gasteiger partial charge in [0.15, 0.2) is 0 Å². The van der Waals surface area contributed by atoms with Gasteiger partial charge in [-0.05, 0) is 43.9 Å². The third kappa shape index (κ3) is 5.58. The van der Waals surface area contributed by atoms with Gasteiger partial charge < -0.3 is 4.74 Å². The number of hydrogen-bond donors (Lipinski definition) is 1. The van der Waals surface area contributed by atoms with E-state index in [2.05, 4.69) is 20.7 Å². The molecule has 0 atom stereocenters. The van der Waals surface area contributed by atoms with Crippen molar-refractivity contribution < 1.29 is 17.9 Å². The fourth-order valence-electron chi connectivity index (χ4n) is 2.50. The summed E-state index contributed by atoms with van der Waals surface area (Å²) in [6.45, 7) is 2.46. The van der Waals surface area contributed by atoms with Crippen molar-refractivity contribution in [3.8, 4) is 0 Å². The molecule has 0 unspecified atom stereocenters. The molecule has 0 spiro atoms. The molecule has 0 bridgehead atoms. The van der Waals surface area contributed by atoms with E-state index in [1.54, 1.807) is 6.92 Å². The molecule has 1 fully saturated rings. The number of nitrogens with one attached hydrogen (secondary N) is 1. The molecule has 23 heavy (non-hydrogen) atoms. The van der Waals surface area contributed by atoms with Crippen LogP contribution in [0.5, 0.6) is 0 Å². The first-order chi connectivity index (χ1) is 10.9. The number of carbonyl (C=O) groups is 1. The van der Waals surface area contributed by atoms with E-state index in [0.29, 0.717) is 13.2 Å². The Morgan fingerprint density at radius 2 is 2.13 bits per heavy atom. The monoisotopic (exact) mass is 403 g/mol. The second kappa shape index (κ2) is 7.77. The quantitative estimate of drug-likeness (QED) is 0.643. The Bertz CT molecular complexity index is 656. The molecule has 0 saturated heterocycles. The van der Waals surface area contributed by atoms with Gasteiger partial charge >= 0.3 is 5.97 Å². The van der Waals surface area contributed by atoms with Crippen LogP contribution in [0.2, 0.25) is 0 Å². The molecular weight excluding hydrogens is 382 g/mol. The number of carbonyl (C=O) groups excluding carboxylic acids is 1.